The molecule has 130 valence electrons. The molecule has 0 fully saturated rings. The lowest BCUT2D eigenvalue weighted by molar-refractivity contribution is -0.143. The second-order valence-electron chi connectivity index (χ2n) is 6.16. The standard InChI is InChI=1S/C18H25N3O3/c1-11-9-14(7-8-16(11)24-6)17(18(22)23)20(4)10-15-12(2)19-21(5)13(15)3/h7-9,17H,10H2,1-6H3,(H,22,23)/t17-/m1/s1. The first-order valence-corrected chi connectivity index (χ1v) is 7.83. The molecule has 1 aromatic carbocycles. The molecule has 1 heterocycles. The lowest BCUT2D eigenvalue weighted by Gasteiger charge is -2.25. The number of carboxylic acid groups (broad SMARTS) is 1. The van der Waals surface area contributed by atoms with Crippen molar-refractivity contribution in [1.82, 2.24) is 14.7 Å². The molecule has 0 radical (unpaired) electrons. The van der Waals surface area contributed by atoms with E-state index in [4.69, 9.17) is 4.74 Å². The first kappa shape index (κ1) is 18.0. The van der Waals surface area contributed by atoms with Gasteiger partial charge in [-0.05, 0) is 45.0 Å². The highest BCUT2D eigenvalue weighted by Crippen LogP contribution is 2.27. The van der Waals surface area contributed by atoms with Crippen molar-refractivity contribution in [3.8, 4) is 5.75 Å². The molecular formula is C18H25N3O3. The number of carboxylic acids is 1. The van der Waals surface area contributed by atoms with E-state index in [0.29, 0.717) is 6.54 Å². The molecule has 2 aromatic rings. The number of carbonyl (C=O) groups is 1. The Hall–Kier alpha value is -2.34. The summed E-state index contributed by atoms with van der Waals surface area (Å²) >= 11 is 0. The van der Waals surface area contributed by atoms with Crippen LogP contribution in [0.1, 0.15) is 34.1 Å². The molecule has 0 spiro atoms. The van der Waals surface area contributed by atoms with Crippen molar-refractivity contribution < 1.29 is 14.6 Å². The van der Waals surface area contributed by atoms with Gasteiger partial charge in [0.1, 0.15) is 11.8 Å². The van der Waals surface area contributed by atoms with Crippen LogP contribution in [-0.2, 0) is 18.4 Å². The first-order valence-electron chi connectivity index (χ1n) is 7.83. The highest BCUT2D eigenvalue weighted by molar-refractivity contribution is 5.75. The van der Waals surface area contributed by atoms with Crippen molar-refractivity contribution in [1.29, 1.82) is 0 Å². The van der Waals surface area contributed by atoms with E-state index in [2.05, 4.69) is 5.10 Å². The molecule has 0 aliphatic rings. The summed E-state index contributed by atoms with van der Waals surface area (Å²) < 4.78 is 7.08. The summed E-state index contributed by atoms with van der Waals surface area (Å²) in [6.07, 6.45) is 0. The highest BCUT2D eigenvalue weighted by atomic mass is 16.5. The van der Waals surface area contributed by atoms with Gasteiger partial charge in [0.2, 0.25) is 0 Å². The van der Waals surface area contributed by atoms with Gasteiger partial charge in [0.15, 0.2) is 0 Å². The van der Waals surface area contributed by atoms with Crippen LogP contribution >= 0.6 is 0 Å². The number of ether oxygens (including phenoxy) is 1. The quantitative estimate of drug-likeness (QED) is 0.881. The first-order chi connectivity index (χ1) is 11.3. The van der Waals surface area contributed by atoms with E-state index in [1.807, 2.05) is 62.6 Å². The number of likely N-dealkylation sites (N-methyl/N-ethyl adjacent to an activating group) is 1. The zero-order valence-corrected chi connectivity index (χ0v) is 15.1. The molecule has 0 unspecified atom stereocenters. The van der Waals surface area contributed by atoms with Gasteiger partial charge in [-0.3, -0.25) is 14.4 Å². The molecule has 2 rings (SSSR count). The van der Waals surface area contributed by atoms with Gasteiger partial charge in [-0.25, -0.2) is 0 Å². The zero-order valence-electron chi connectivity index (χ0n) is 15.1. The third-order valence-electron chi connectivity index (χ3n) is 4.48. The fraction of sp³-hybridized carbons (Fsp3) is 0.444. The molecule has 0 amide bonds. The molecule has 6 nitrogen and oxygen atoms in total. The van der Waals surface area contributed by atoms with Crippen LogP contribution < -0.4 is 4.74 Å². The Morgan fingerprint density at radius 1 is 1.38 bits per heavy atom. The van der Waals surface area contributed by atoms with Gasteiger partial charge in [0.25, 0.3) is 0 Å². The average Bonchev–Trinajstić information content (AvgIpc) is 2.74. The molecule has 0 saturated heterocycles. The molecule has 0 aliphatic heterocycles. The van der Waals surface area contributed by atoms with Gasteiger partial charge in [0, 0.05) is 24.8 Å². The van der Waals surface area contributed by atoms with Crippen LogP contribution in [0.3, 0.4) is 0 Å². The second-order valence-corrected chi connectivity index (χ2v) is 6.16. The maximum atomic E-state index is 11.9. The van der Waals surface area contributed by atoms with E-state index < -0.39 is 12.0 Å². The zero-order chi connectivity index (χ0) is 18.0. The van der Waals surface area contributed by atoms with Crippen LogP contribution in [0, 0.1) is 20.8 Å². The van der Waals surface area contributed by atoms with Crippen molar-refractivity contribution in [2.45, 2.75) is 33.4 Å². The number of methoxy groups -OCH3 is 1. The number of aryl methyl sites for hydroxylation is 3. The smallest absolute Gasteiger partial charge is 0.325 e. The Kier molecular flexibility index (Phi) is 5.29. The summed E-state index contributed by atoms with van der Waals surface area (Å²) in [5.74, 6) is -0.120. The van der Waals surface area contributed by atoms with Crippen molar-refractivity contribution in [2.24, 2.45) is 7.05 Å². The van der Waals surface area contributed by atoms with Crippen LogP contribution in [0.25, 0.3) is 0 Å². The summed E-state index contributed by atoms with van der Waals surface area (Å²) in [7, 11) is 5.33. The molecule has 0 saturated carbocycles. The van der Waals surface area contributed by atoms with Crippen LogP contribution in [-0.4, -0.2) is 39.9 Å². The highest BCUT2D eigenvalue weighted by Gasteiger charge is 2.26. The molecular weight excluding hydrogens is 306 g/mol. The van der Waals surface area contributed by atoms with Crippen molar-refractivity contribution in [2.75, 3.05) is 14.2 Å². The predicted molar refractivity (Wildman–Crippen MR) is 92.3 cm³/mol. The number of aromatic nitrogens is 2. The van der Waals surface area contributed by atoms with Gasteiger partial charge in [-0.2, -0.15) is 5.10 Å². The summed E-state index contributed by atoms with van der Waals surface area (Å²) in [6.45, 7) is 6.38. The Bertz CT molecular complexity index is 752. The Labute approximate surface area is 142 Å². The van der Waals surface area contributed by atoms with Gasteiger partial charge in [-0.1, -0.05) is 12.1 Å². The minimum Gasteiger partial charge on any atom is -0.496 e. The largest absolute Gasteiger partial charge is 0.496 e. The summed E-state index contributed by atoms with van der Waals surface area (Å²) in [5.41, 5.74) is 4.70. The number of hydrogen-bond donors (Lipinski definition) is 1. The van der Waals surface area contributed by atoms with Crippen LogP contribution in [0.15, 0.2) is 18.2 Å². The van der Waals surface area contributed by atoms with E-state index in [-0.39, 0.29) is 0 Å². The SMILES string of the molecule is COc1ccc([C@H](C(=O)O)N(C)Cc2c(C)nn(C)c2C)cc1C. The minimum absolute atomic E-state index is 0.521. The van der Waals surface area contributed by atoms with Gasteiger partial charge < -0.3 is 9.84 Å². The number of nitrogens with zero attached hydrogens (tertiary/aromatic N) is 3. The Morgan fingerprint density at radius 3 is 2.50 bits per heavy atom. The number of hydrogen-bond acceptors (Lipinski definition) is 4. The third kappa shape index (κ3) is 3.43. The summed E-state index contributed by atoms with van der Waals surface area (Å²) in [5, 5.41) is 14.1. The maximum Gasteiger partial charge on any atom is 0.325 e. The normalized spacial score (nSPS) is 12.5. The van der Waals surface area contributed by atoms with Crippen molar-refractivity contribution in [3.05, 3.63) is 46.3 Å². The molecule has 1 N–H and O–H groups in total. The number of rotatable bonds is 6. The fourth-order valence-electron chi connectivity index (χ4n) is 3.04. The molecule has 0 aliphatic carbocycles. The van der Waals surface area contributed by atoms with Gasteiger partial charge in [0.05, 0.1) is 12.8 Å². The Balaban J connectivity index is 2.33. The molecule has 1 aromatic heterocycles. The Morgan fingerprint density at radius 2 is 2.04 bits per heavy atom. The van der Waals surface area contributed by atoms with Crippen LogP contribution in [0.2, 0.25) is 0 Å². The second kappa shape index (κ2) is 7.05. The minimum atomic E-state index is -0.874. The van der Waals surface area contributed by atoms with Gasteiger partial charge in [-0.15, -0.1) is 0 Å². The molecule has 0 bridgehead atoms. The number of aliphatic carboxylic acids is 1. The molecule has 1 atom stereocenters. The average molecular weight is 331 g/mol. The van der Waals surface area contributed by atoms with Crippen molar-refractivity contribution >= 4 is 5.97 Å². The van der Waals surface area contributed by atoms with Crippen LogP contribution in [0.4, 0.5) is 0 Å². The fourth-order valence-corrected chi connectivity index (χ4v) is 3.04. The predicted octanol–water partition coefficient (Wildman–Crippen LogP) is 2.61. The third-order valence-corrected chi connectivity index (χ3v) is 4.48. The lowest BCUT2D eigenvalue weighted by Crippen LogP contribution is -2.31. The van der Waals surface area contributed by atoms with E-state index in [0.717, 1.165) is 33.8 Å². The van der Waals surface area contributed by atoms with E-state index in [1.54, 1.807) is 7.11 Å². The van der Waals surface area contributed by atoms with Crippen LogP contribution in [0.5, 0.6) is 5.75 Å². The number of benzene rings is 1. The lowest BCUT2D eigenvalue weighted by atomic mass is 10.0. The topological polar surface area (TPSA) is 67.6 Å². The van der Waals surface area contributed by atoms with E-state index >= 15 is 0 Å². The summed E-state index contributed by atoms with van der Waals surface area (Å²) in [6, 6.07) is 4.77. The monoisotopic (exact) mass is 331 g/mol. The maximum absolute atomic E-state index is 11.9. The van der Waals surface area contributed by atoms with E-state index in [1.165, 1.54) is 0 Å². The molecule has 24 heavy (non-hydrogen) atoms. The van der Waals surface area contributed by atoms with E-state index in [9.17, 15) is 9.90 Å². The van der Waals surface area contributed by atoms with Gasteiger partial charge >= 0.3 is 5.97 Å². The molecule has 6 heteroatoms. The summed E-state index contributed by atoms with van der Waals surface area (Å²) in [4.78, 5) is 13.7. The van der Waals surface area contributed by atoms with Crippen molar-refractivity contribution in [3.63, 3.8) is 0 Å².